The summed E-state index contributed by atoms with van der Waals surface area (Å²) in [6.45, 7) is 6.44. The third-order valence-electron chi connectivity index (χ3n) is 5.53. The Hall–Kier alpha value is -2.92. The van der Waals surface area contributed by atoms with Crippen molar-refractivity contribution < 1.29 is 27.5 Å². The molecule has 1 aromatic rings. The Bertz CT molecular complexity index is 1260. The summed E-state index contributed by atoms with van der Waals surface area (Å²) in [4.78, 5) is 14.7. The number of halogens is 2. The van der Waals surface area contributed by atoms with Gasteiger partial charge >= 0.3 is 0 Å². The number of Topliss-reactive ketones (excluding diaryl/α,β-unsaturated/α-hetero) is 1. The van der Waals surface area contributed by atoms with Gasteiger partial charge in [0.15, 0.2) is 5.78 Å². The highest BCUT2D eigenvalue weighted by Crippen LogP contribution is 2.30. The molecule has 0 bridgehead atoms. The molecule has 3 rings (SSSR count). The molecule has 2 aliphatic rings. The molecule has 0 radical (unpaired) electrons. The number of nitrogens with zero attached hydrogens (tertiary/aromatic N) is 1. The molecule has 1 heterocycles. The van der Waals surface area contributed by atoms with Crippen LogP contribution >= 0.6 is 11.6 Å². The molecular formula is C25H29ClFN3O5S. The van der Waals surface area contributed by atoms with Crippen molar-refractivity contribution in [1.29, 1.82) is 0 Å². The van der Waals surface area contributed by atoms with Gasteiger partial charge in [-0.25, -0.2) is 12.8 Å². The summed E-state index contributed by atoms with van der Waals surface area (Å²) in [5.41, 5.74) is 2.09. The zero-order chi connectivity index (χ0) is 26.5. The fourth-order valence-corrected chi connectivity index (χ4v) is 5.40. The number of morpholine rings is 1. The van der Waals surface area contributed by atoms with E-state index < -0.39 is 21.6 Å². The first-order valence-electron chi connectivity index (χ1n) is 11.3. The van der Waals surface area contributed by atoms with Gasteiger partial charge in [0.05, 0.1) is 28.5 Å². The molecule has 1 aromatic carbocycles. The van der Waals surface area contributed by atoms with Crippen LogP contribution in [0, 0.1) is 0 Å². The first-order chi connectivity index (χ1) is 17.1. The molecule has 0 saturated carbocycles. The van der Waals surface area contributed by atoms with Crippen molar-refractivity contribution in [2.45, 2.75) is 39.4 Å². The number of hydrogen-bond donors (Lipinski definition) is 3. The molecule has 0 unspecified atom stereocenters. The Kier molecular flexibility index (Phi) is 9.13. The molecule has 1 saturated heterocycles. The smallest absolute Gasteiger partial charge is 0.258 e. The summed E-state index contributed by atoms with van der Waals surface area (Å²) in [5.74, 6) is -1.27. The van der Waals surface area contributed by atoms with E-state index in [9.17, 15) is 13.2 Å². The van der Waals surface area contributed by atoms with E-state index >= 15 is 4.39 Å². The first-order valence-corrected chi connectivity index (χ1v) is 13.2. The zero-order valence-electron chi connectivity index (χ0n) is 20.2. The minimum atomic E-state index is -4.24. The van der Waals surface area contributed by atoms with Crippen LogP contribution in [-0.2, 0) is 14.8 Å². The standard InChI is InChI=1S/C25H29ClFN3O5S/c1-4-6-18(13-28-32)25(31)21-11-19(26)9-10-23(21)29-36(33,34)20-7-5-8-24(22(27)12-20)30-14-16(2)35-17(3)15-30/h4-6,8-13,16-17,28-29,32H,7,14-15H2,1-3H3/b6-4-,18-13+/t16-,17+. The summed E-state index contributed by atoms with van der Waals surface area (Å²) in [7, 11) is -4.24. The largest absolute Gasteiger partial charge is 0.372 e. The average molecular weight is 538 g/mol. The second-order valence-corrected chi connectivity index (χ2v) is 10.6. The number of anilines is 1. The van der Waals surface area contributed by atoms with Crippen LogP contribution < -0.4 is 10.2 Å². The number of rotatable bonds is 8. The highest BCUT2D eigenvalue weighted by Gasteiger charge is 2.27. The fraction of sp³-hybridized carbons (Fsp3) is 0.320. The van der Waals surface area contributed by atoms with E-state index in [0.29, 0.717) is 18.8 Å². The van der Waals surface area contributed by atoms with Crippen molar-refractivity contribution in [3.05, 3.63) is 87.4 Å². The Morgan fingerprint density at radius 2 is 1.97 bits per heavy atom. The quantitative estimate of drug-likeness (QED) is 0.188. The number of ether oxygens (including phenoxy) is 1. The second kappa shape index (κ2) is 11.9. The first kappa shape index (κ1) is 27.7. The zero-order valence-corrected chi connectivity index (χ0v) is 21.7. The van der Waals surface area contributed by atoms with Crippen molar-refractivity contribution in [1.82, 2.24) is 10.4 Å². The normalized spacial score (nSPS) is 21.4. The SMILES string of the molecule is C/C=C\C(=C/NO)C(=O)c1cc(Cl)ccc1NS(=O)(=O)C1=CC(F)=C(N2C[C@@H](C)O[C@@H](C)C2)C=CC1. The Morgan fingerprint density at radius 1 is 1.28 bits per heavy atom. The average Bonchev–Trinajstić information content (AvgIpc) is 3.01. The van der Waals surface area contributed by atoms with E-state index in [2.05, 4.69) is 4.72 Å². The van der Waals surface area contributed by atoms with Gasteiger partial charge < -0.3 is 9.64 Å². The van der Waals surface area contributed by atoms with Gasteiger partial charge in [-0.2, -0.15) is 0 Å². The highest BCUT2D eigenvalue weighted by molar-refractivity contribution is 7.96. The number of carbonyl (C=O) groups is 1. The van der Waals surface area contributed by atoms with Gasteiger partial charge in [-0.05, 0) is 51.1 Å². The molecule has 0 aromatic heterocycles. The summed E-state index contributed by atoms with van der Waals surface area (Å²) in [6, 6.07) is 4.10. The molecule has 1 aliphatic carbocycles. The summed E-state index contributed by atoms with van der Waals surface area (Å²) < 4.78 is 49.9. The van der Waals surface area contributed by atoms with E-state index in [1.165, 1.54) is 24.3 Å². The third-order valence-corrected chi connectivity index (χ3v) is 7.23. The molecule has 8 nitrogen and oxygen atoms in total. The molecule has 11 heteroatoms. The monoisotopic (exact) mass is 537 g/mol. The molecule has 36 heavy (non-hydrogen) atoms. The van der Waals surface area contributed by atoms with E-state index in [0.717, 1.165) is 12.3 Å². The number of nitrogens with one attached hydrogen (secondary N) is 2. The topological polar surface area (TPSA) is 108 Å². The van der Waals surface area contributed by atoms with E-state index in [4.69, 9.17) is 21.5 Å². The maximum absolute atomic E-state index is 15.3. The Morgan fingerprint density at radius 3 is 2.61 bits per heavy atom. The van der Waals surface area contributed by atoms with E-state index in [-0.39, 0.29) is 45.4 Å². The number of ketones is 1. The van der Waals surface area contributed by atoms with Crippen molar-refractivity contribution in [3.63, 3.8) is 0 Å². The third kappa shape index (κ3) is 6.64. The van der Waals surface area contributed by atoms with Crippen molar-refractivity contribution in [3.8, 4) is 0 Å². The number of carbonyl (C=O) groups excluding carboxylic acids is 1. The van der Waals surface area contributed by atoms with Crippen LogP contribution in [0.3, 0.4) is 0 Å². The lowest BCUT2D eigenvalue weighted by atomic mass is 10.0. The minimum Gasteiger partial charge on any atom is -0.372 e. The summed E-state index contributed by atoms with van der Waals surface area (Å²) in [5, 5.41) is 9.23. The van der Waals surface area contributed by atoms with Gasteiger partial charge in [0, 0.05) is 41.9 Å². The molecule has 2 atom stereocenters. The minimum absolute atomic E-state index is 0.0349. The lowest BCUT2D eigenvalue weighted by Gasteiger charge is -2.37. The second-order valence-electron chi connectivity index (χ2n) is 8.47. The predicted octanol–water partition coefficient (Wildman–Crippen LogP) is 4.84. The molecule has 1 fully saturated rings. The molecule has 194 valence electrons. The van der Waals surface area contributed by atoms with E-state index in [1.807, 2.05) is 18.7 Å². The van der Waals surface area contributed by atoms with Crippen LogP contribution in [0.5, 0.6) is 0 Å². The van der Waals surface area contributed by atoms with Gasteiger partial charge in [-0.1, -0.05) is 29.8 Å². The van der Waals surface area contributed by atoms with Crippen LogP contribution in [0.25, 0.3) is 0 Å². The van der Waals surface area contributed by atoms with Crippen LogP contribution in [0.4, 0.5) is 10.1 Å². The van der Waals surface area contributed by atoms with Crippen LogP contribution in [0.15, 0.2) is 76.8 Å². The fourth-order valence-electron chi connectivity index (χ4n) is 4.06. The lowest BCUT2D eigenvalue weighted by molar-refractivity contribution is -0.0572. The van der Waals surface area contributed by atoms with Crippen LogP contribution in [-0.4, -0.2) is 49.6 Å². The predicted molar refractivity (Wildman–Crippen MR) is 138 cm³/mol. The Balaban J connectivity index is 1.95. The van der Waals surface area contributed by atoms with E-state index in [1.54, 1.807) is 30.6 Å². The molecule has 3 N–H and O–H groups in total. The maximum Gasteiger partial charge on any atom is 0.258 e. The number of hydrogen-bond acceptors (Lipinski definition) is 7. The van der Waals surface area contributed by atoms with Crippen molar-refractivity contribution >= 4 is 33.1 Å². The number of allylic oxidation sites excluding steroid dienone is 8. The van der Waals surface area contributed by atoms with Gasteiger partial charge in [0.2, 0.25) is 0 Å². The number of sulfonamides is 1. The van der Waals surface area contributed by atoms with Crippen molar-refractivity contribution in [2.24, 2.45) is 0 Å². The Labute approximate surface area is 215 Å². The van der Waals surface area contributed by atoms with Gasteiger partial charge in [-0.3, -0.25) is 20.2 Å². The number of hydroxylamine groups is 1. The van der Waals surface area contributed by atoms with Gasteiger partial charge in [0.25, 0.3) is 10.0 Å². The molecule has 0 amide bonds. The maximum atomic E-state index is 15.3. The summed E-state index contributed by atoms with van der Waals surface area (Å²) >= 11 is 6.07. The lowest BCUT2D eigenvalue weighted by Crippen LogP contribution is -2.44. The van der Waals surface area contributed by atoms with Gasteiger partial charge in [-0.15, -0.1) is 0 Å². The molecule has 1 aliphatic heterocycles. The van der Waals surface area contributed by atoms with Crippen LogP contribution in [0.2, 0.25) is 5.02 Å². The van der Waals surface area contributed by atoms with Crippen molar-refractivity contribution in [2.75, 3.05) is 17.8 Å². The highest BCUT2D eigenvalue weighted by atomic mass is 35.5. The molecule has 0 spiro atoms. The van der Waals surface area contributed by atoms with Crippen LogP contribution in [0.1, 0.15) is 37.6 Å². The summed E-state index contributed by atoms with van der Waals surface area (Å²) in [6.07, 6.45) is 8.02. The number of benzene rings is 1. The molecular weight excluding hydrogens is 509 g/mol. The van der Waals surface area contributed by atoms with Gasteiger partial charge in [0.1, 0.15) is 5.83 Å².